The van der Waals surface area contributed by atoms with Crippen LogP contribution in [0.2, 0.25) is 0 Å². The van der Waals surface area contributed by atoms with Crippen LogP contribution in [0.5, 0.6) is 5.75 Å². The van der Waals surface area contributed by atoms with Crippen LogP contribution in [0.3, 0.4) is 0 Å². The summed E-state index contributed by atoms with van der Waals surface area (Å²) < 4.78 is 19.6. The van der Waals surface area contributed by atoms with Crippen molar-refractivity contribution in [2.45, 2.75) is 85.7 Å². The molecule has 2 heterocycles. The van der Waals surface area contributed by atoms with Gasteiger partial charge in [0, 0.05) is 24.0 Å². The summed E-state index contributed by atoms with van der Waals surface area (Å²) in [5.74, 6) is 0.919. The van der Waals surface area contributed by atoms with Gasteiger partial charge in [-0.05, 0) is 53.5 Å². The first-order chi connectivity index (χ1) is 14.4. The van der Waals surface area contributed by atoms with E-state index in [1.165, 1.54) is 12.1 Å². The Labute approximate surface area is 186 Å². The predicted octanol–water partition coefficient (Wildman–Crippen LogP) is 6.91. The topological polar surface area (TPSA) is 39.2 Å². The first kappa shape index (κ1) is 23.4. The van der Waals surface area contributed by atoms with Gasteiger partial charge in [-0.25, -0.2) is 9.37 Å². The molecular formula is C27H36FNO2. The molecule has 0 saturated carbocycles. The highest BCUT2D eigenvalue weighted by molar-refractivity contribution is 5.85. The molecule has 168 valence electrons. The zero-order valence-corrected chi connectivity index (χ0v) is 20.0. The van der Waals surface area contributed by atoms with Gasteiger partial charge < -0.3 is 4.74 Å². The molecule has 31 heavy (non-hydrogen) atoms. The quantitative estimate of drug-likeness (QED) is 0.484. The second kappa shape index (κ2) is 8.72. The maximum Gasteiger partial charge on any atom is 0.173 e. The summed E-state index contributed by atoms with van der Waals surface area (Å²) in [4.78, 5) is 18.0. The lowest BCUT2D eigenvalue weighted by atomic mass is 9.74. The van der Waals surface area contributed by atoms with Gasteiger partial charge >= 0.3 is 0 Å². The van der Waals surface area contributed by atoms with Gasteiger partial charge in [0.15, 0.2) is 11.9 Å². The van der Waals surface area contributed by atoms with E-state index in [9.17, 15) is 9.18 Å². The molecule has 1 aromatic carbocycles. The van der Waals surface area contributed by atoms with E-state index in [1.54, 1.807) is 12.1 Å². The van der Waals surface area contributed by atoms with Crippen molar-refractivity contribution < 1.29 is 13.9 Å². The molecule has 0 spiro atoms. The fourth-order valence-electron chi connectivity index (χ4n) is 4.32. The molecular weight excluding hydrogens is 389 g/mol. The van der Waals surface area contributed by atoms with Crippen LogP contribution in [0.25, 0.3) is 11.3 Å². The molecule has 1 aliphatic heterocycles. The van der Waals surface area contributed by atoms with Crippen molar-refractivity contribution in [3.8, 4) is 17.0 Å². The number of carbonyl (C=O) groups excluding carboxylic acids is 1. The van der Waals surface area contributed by atoms with E-state index in [-0.39, 0.29) is 28.3 Å². The van der Waals surface area contributed by atoms with Crippen molar-refractivity contribution in [2.75, 3.05) is 0 Å². The molecule has 3 nitrogen and oxygen atoms in total. The molecule has 2 unspecified atom stereocenters. The van der Waals surface area contributed by atoms with E-state index < -0.39 is 6.10 Å². The molecule has 0 amide bonds. The van der Waals surface area contributed by atoms with Crippen LogP contribution >= 0.6 is 0 Å². The number of ether oxygens (including phenoxy) is 1. The minimum atomic E-state index is -0.480. The van der Waals surface area contributed by atoms with Gasteiger partial charge in [0.1, 0.15) is 11.6 Å². The number of carbonyl (C=O) groups is 1. The number of halogens is 1. The minimum Gasteiger partial charge on any atom is -0.480 e. The molecule has 1 aliphatic rings. The lowest BCUT2D eigenvalue weighted by Crippen LogP contribution is -2.31. The first-order valence-corrected chi connectivity index (χ1v) is 11.4. The molecule has 0 bridgehead atoms. The van der Waals surface area contributed by atoms with Crippen LogP contribution in [0.15, 0.2) is 30.3 Å². The average molecular weight is 426 g/mol. The molecule has 1 aromatic heterocycles. The third-order valence-electron chi connectivity index (χ3n) is 6.72. The summed E-state index contributed by atoms with van der Waals surface area (Å²) in [7, 11) is 0. The number of nitrogens with zero attached hydrogens (tertiary/aromatic N) is 1. The van der Waals surface area contributed by atoms with Gasteiger partial charge in [-0.2, -0.15) is 0 Å². The molecule has 0 aliphatic carbocycles. The largest absolute Gasteiger partial charge is 0.480 e. The number of fused-ring (bicyclic) bond motifs is 1. The van der Waals surface area contributed by atoms with E-state index in [0.717, 1.165) is 41.1 Å². The zero-order valence-electron chi connectivity index (χ0n) is 20.0. The second-order valence-corrected chi connectivity index (χ2v) is 10.7. The minimum absolute atomic E-state index is 0.125. The average Bonchev–Trinajstić information content (AvgIpc) is 3.11. The van der Waals surface area contributed by atoms with E-state index >= 15 is 0 Å². The number of Topliss-reactive ketones (excluding diaryl/α,β-unsaturated/α-hetero) is 1. The summed E-state index contributed by atoms with van der Waals surface area (Å²) in [5, 5.41) is 0. The third-order valence-corrected chi connectivity index (χ3v) is 6.72. The normalized spacial score (nSPS) is 17.2. The van der Waals surface area contributed by atoms with Crippen molar-refractivity contribution in [1.29, 1.82) is 0 Å². The van der Waals surface area contributed by atoms with Crippen LogP contribution in [0.1, 0.15) is 79.0 Å². The molecule has 2 aromatic rings. The third kappa shape index (κ3) is 5.16. The van der Waals surface area contributed by atoms with Gasteiger partial charge in [-0.3, -0.25) is 4.79 Å². The van der Waals surface area contributed by atoms with Crippen LogP contribution in [0, 0.1) is 17.2 Å². The number of benzene rings is 1. The Bertz CT molecular complexity index is 941. The van der Waals surface area contributed by atoms with E-state index in [4.69, 9.17) is 9.72 Å². The van der Waals surface area contributed by atoms with Gasteiger partial charge in [-0.15, -0.1) is 0 Å². The Hall–Kier alpha value is -2.23. The summed E-state index contributed by atoms with van der Waals surface area (Å²) >= 11 is 0. The molecule has 3 rings (SSSR count). The van der Waals surface area contributed by atoms with Crippen LogP contribution in [-0.4, -0.2) is 16.9 Å². The van der Waals surface area contributed by atoms with E-state index in [0.29, 0.717) is 12.8 Å². The number of ketones is 1. The lowest BCUT2D eigenvalue weighted by Gasteiger charge is -2.31. The summed E-state index contributed by atoms with van der Waals surface area (Å²) in [5.41, 5.74) is 3.46. The summed E-state index contributed by atoms with van der Waals surface area (Å²) in [6.45, 7) is 15.2. The summed E-state index contributed by atoms with van der Waals surface area (Å²) in [6.07, 6.45) is 2.74. The van der Waals surface area contributed by atoms with Crippen LogP contribution in [0.4, 0.5) is 4.39 Å². The Morgan fingerprint density at radius 1 is 1.19 bits per heavy atom. The van der Waals surface area contributed by atoms with Crippen molar-refractivity contribution in [1.82, 2.24) is 4.98 Å². The number of hydrogen-bond donors (Lipinski definition) is 0. The van der Waals surface area contributed by atoms with Crippen LogP contribution < -0.4 is 4.74 Å². The van der Waals surface area contributed by atoms with Gasteiger partial charge in [-0.1, -0.05) is 54.9 Å². The Kier molecular flexibility index (Phi) is 6.59. The number of hydrogen-bond acceptors (Lipinski definition) is 3. The Morgan fingerprint density at radius 3 is 2.42 bits per heavy atom. The lowest BCUT2D eigenvalue weighted by molar-refractivity contribution is -0.126. The molecule has 0 fully saturated rings. The predicted molar refractivity (Wildman–Crippen MR) is 124 cm³/mol. The molecule has 0 radical (unpaired) electrons. The zero-order chi connectivity index (χ0) is 23.0. The van der Waals surface area contributed by atoms with E-state index in [2.05, 4.69) is 48.5 Å². The van der Waals surface area contributed by atoms with Gasteiger partial charge in [0.25, 0.3) is 0 Å². The smallest absolute Gasteiger partial charge is 0.173 e. The van der Waals surface area contributed by atoms with E-state index in [1.807, 2.05) is 6.07 Å². The highest BCUT2D eigenvalue weighted by Crippen LogP contribution is 2.42. The molecule has 0 N–H and O–H groups in total. The maximum atomic E-state index is 13.4. The number of aromatic nitrogens is 1. The first-order valence-electron chi connectivity index (χ1n) is 11.4. The van der Waals surface area contributed by atoms with Crippen LogP contribution in [-0.2, 0) is 16.6 Å². The summed E-state index contributed by atoms with van der Waals surface area (Å²) in [6, 6.07) is 8.40. The fraction of sp³-hybridized carbons (Fsp3) is 0.556. The standard InChI is InChI=1S/C27H36FNO2/c1-8-13-27(6,7)17(2)14-23(30)24-16-22-25(31-24)20(26(3,4)5)15-21(29-22)18-9-11-19(28)12-10-18/h9-12,15,17,24H,8,13-14,16H2,1-7H3. The Morgan fingerprint density at radius 2 is 1.84 bits per heavy atom. The van der Waals surface area contributed by atoms with Crippen molar-refractivity contribution in [2.24, 2.45) is 11.3 Å². The Balaban J connectivity index is 1.88. The highest BCUT2D eigenvalue weighted by Gasteiger charge is 2.37. The van der Waals surface area contributed by atoms with Gasteiger partial charge in [0.05, 0.1) is 11.4 Å². The molecule has 2 atom stereocenters. The van der Waals surface area contributed by atoms with Crippen molar-refractivity contribution in [3.05, 3.63) is 47.4 Å². The fourth-order valence-corrected chi connectivity index (χ4v) is 4.32. The number of pyridine rings is 1. The second-order valence-electron chi connectivity index (χ2n) is 10.7. The number of rotatable bonds is 7. The van der Waals surface area contributed by atoms with Crippen molar-refractivity contribution in [3.63, 3.8) is 0 Å². The monoisotopic (exact) mass is 425 g/mol. The highest BCUT2D eigenvalue weighted by atomic mass is 19.1. The van der Waals surface area contributed by atoms with Crippen molar-refractivity contribution >= 4 is 5.78 Å². The molecule has 0 saturated heterocycles. The SMILES string of the molecule is CCCC(C)(C)C(C)CC(=O)C1Cc2nc(-c3ccc(F)cc3)cc(C(C)(C)C)c2O1. The maximum absolute atomic E-state index is 13.4. The van der Waals surface area contributed by atoms with Gasteiger partial charge in [0.2, 0.25) is 0 Å². The molecule has 4 heteroatoms.